The van der Waals surface area contributed by atoms with Crippen LogP contribution in [0.3, 0.4) is 0 Å². The van der Waals surface area contributed by atoms with E-state index in [2.05, 4.69) is 15.9 Å². The van der Waals surface area contributed by atoms with Gasteiger partial charge in [0, 0.05) is 10.0 Å². The van der Waals surface area contributed by atoms with E-state index >= 15 is 4.39 Å². The number of carbonyl (C=O) groups excluding carboxylic acids is 1. The van der Waals surface area contributed by atoms with Crippen LogP contribution in [0.2, 0.25) is 0 Å². The summed E-state index contributed by atoms with van der Waals surface area (Å²) >= 11 is 3.31. The third kappa shape index (κ3) is 2.76. The van der Waals surface area contributed by atoms with Gasteiger partial charge >= 0.3 is 0 Å². The van der Waals surface area contributed by atoms with Gasteiger partial charge in [0.15, 0.2) is 5.67 Å². The molecule has 0 saturated heterocycles. The summed E-state index contributed by atoms with van der Waals surface area (Å²) in [6.45, 7) is 1.68. The van der Waals surface area contributed by atoms with Gasteiger partial charge in [-0.05, 0) is 24.1 Å². The second-order valence-electron chi connectivity index (χ2n) is 4.36. The molecule has 1 atom stereocenters. The molecular formula is C16H14BrFO. The Morgan fingerprint density at radius 3 is 2.42 bits per heavy atom. The predicted molar refractivity (Wildman–Crippen MR) is 78.0 cm³/mol. The lowest BCUT2D eigenvalue weighted by molar-refractivity contribution is 0.0666. The maximum Gasteiger partial charge on any atom is 0.204 e. The van der Waals surface area contributed by atoms with E-state index in [1.54, 1.807) is 49.4 Å². The second-order valence-corrected chi connectivity index (χ2v) is 5.28. The molecule has 0 fully saturated rings. The van der Waals surface area contributed by atoms with Crippen molar-refractivity contribution < 1.29 is 9.18 Å². The molecule has 0 aliphatic rings. The summed E-state index contributed by atoms with van der Waals surface area (Å²) in [5.41, 5.74) is -1.20. The van der Waals surface area contributed by atoms with Gasteiger partial charge in [-0.2, -0.15) is 0 Å². The van der Waals surface area contributed by atoms with E-state index in [4.69, 9.17) is 0 Å². The van der Waals surface area contributed by atoms with Gasteiger partial charge in [0.1, 0.15) is 0 Å². The molecule has 0 aliphatic carbocycles. The van der Waals surface area contributed by atoms with E-state index in [1.165, 1.54) is 0 Å². The SMILES string of the molecule is CC[C@@](F)(C(=O)c1ccccc1)c1cccc(Br)c1. The smallest absolute Gasteiger partial charge is 0.204 e. The number of hydrogen-bond acceptors (Lipinski definition) is 1. The van der Waals surface area contributed by atoms with E-state index in [0.717, 1.165) is 4.47 Å². The van der Waals surface area contributed by atoms with Gasteiger partial charge in [-0.3, -0.25) is 4.79 Å². The van der Waals surface area contributed by atoms with E-state index < -0.39 is 11.5 Å². The van der Waals surface area contributed by atoms with Gasteiger partial charge in [0.05, 0.1) is 0 Å². The summed E-state index contributed by atoms with van der Waals surface area (Å²) in [4.78, 5) is 12.4. The Labute approximate surface area is 120 Å². The molecule has 0 amide bonds. The van der Waals surface area contributed by atoms with Crippen molar-refractivity contribution in [3.05, 3.63) is 70.2 Å². The van der Waals surface area contributed by atoms with E-state index in [9.17, 15) is 4.79 Å². The van der Waals surface area contributed by atoms with Crippen LogP contribution in [0.25, 0.3) is 0 Å². The standard InChI is InChI=1S/C16H14BrFO/c1-2-16(18,13-9-6-10-14(17)11-13)15(19)12-7-4-3-5-8-12/h3-11H,2H2,1H3/t16-/m0/s1. The van der Waals surface area contributed by atoms with Crippen molar-refractivity contribution in [1.29, 1.82) is 0 Å². The van der Waals surface area contributed by atoms with Gasteiger partial charge in [-0.15, -0.1) is 0 Å². The number of benzene rings is 2. The Morgan fingerprint density at radius 2 is 1.84 bits per heavy atom. The number of ketones is 1. The minimum absolute atomic E-state index is 0.108. The molecule has 0 radical (unpaired) electrons. The molecular weight excluding hydrogens is 307 g/mol. The van der Waals surface area contributed by atoms with Crippen LogP contribution in [0.15, 0.2) is 59.1 Å². The Hall–Kier alpha value is -1.48. The van der Waals surface area contributed by atoms with Gasteiger partial charge in [0.2, 0.25) is 5.78 Å². The fourth-order valence-electron chi connectivity index (χ4n) is 2.05. The molecule has 0 aromatic heterocycles. The summed E-state index contributed by atoms with van der Waals surface area (Å²) in [6, 6.07) is 15.4. The minimum Gasteiger partial charge on any atom is -0.290 e. The molecule has 2 aromatic rings. The first-order valence-corrected chi connectivity index (χ1v) is 6.92. The lowest BCUT2D eigenvalue weighted by Gasteiger charge is -2.23. The number of rotatable bonds is 4. The number of hydrogen-bond donors (Lipinski definition) is 0. The van der Waals surface area contributed by atoms with Crippen LogP contribution in [0.1, 0.15) is 29.3 Å². The first-order chi connectivity index (χ1) is 9.08. The molecule has 19 heavy (non-hydrogen) atoms. The second kappa shape index (κ2) is 5.66. The zero-order valence-electron chi connectivity index (χ0n) is 10.6. The summed E-state index contributed by atoms with van der Waals surface area (Å²) in [7, 11) is 0. The van der Waals surface area contributed by atoms with Crippen molar-refractivity contribution >= 4 is 21.7 Å². The molecule has 0 heterocycles. The molecule has 2 rings (SSSR count). The normalized spacial score (nSPS) is 13.8. The molecule has 0 unspecified atom stereocenters. The van der Waals surface area contributed by atoms with Crippen molar-refractivity contribution in [3.8, 4) is 0 Å². The summed E-state index contributed by atoms with van der Waals surface area (Å²) in [6.07, 6.45) is 0.108. The molecule has 0 bridgehead atoms. The average molecular weight is 321 g/mol. The topological polar surface area (TPSA) is 17.1 Å². The molecule has 0 aliphatic heterocycles. The Balaban J connectivity index is 2.46. The lowest BCUT2D eigenvalue weighted by Crippen LogP contribution is -2.30. The average Bonchev–Trinajstić information content (AvgIpc) is 2.46. The van der Waals surface area contributed by atoms with Crippen molar-refractivity contribution in [2.45, 2.75) is 19.0 Å². The number of alkyl halides is 1. The number of halogens is 2. The number of Topliss-reactive ketones (excluding diaryl/α,β-unsaturated/α-hetero) is 1. The molecule has 2 aromatic carbocycles. The van der Waals surface area contributed by atoms with Crippen molar-refractivity contribution in [1.82, 2.24) is 0 Å². The monoisotopic (exact) mass is 320 g/mol. The number of carbonyl (C=O) groups is 1. The Bertz CT molecular complexity index is 582. The maximum absolute atomic E-state index is 15.1. The van der Waals surface area contributed by atoms with Crippen molar-refractivity contribution in [3.63, 3.8) is 0 Å². The fourth-order valence-corrected chi connectivity index (χ4v) is 2.45. The van der Waals surface area contributed by atoms with Gasteiger partial charge < -0.3 is 0 Å². The highest BCUT2D eigenvalue weighted by Gasteiger charge is 2.39. The zero-order chi connectivity index (χ0) is 13.9. The summed E-state index contributed by atoms with van der Waals surface area (Å²) in [5.74, 6) is -0.492. The molecule has 98 valence electrons. The lowest BCUT2D eigenvalue weighted by atomic mass is 9.85. The van der Waals surface area contributed by atoms with Crippen LogP contribution in [0.4, 0.5) is 4.39 Å². The third-order valence-electron chi connectivity index (χ3n) is 3.17. The third-order valence-corrected chi connectivity index (χ3v) is 3.66. The van der Waals surface area contributed by atoms with Crippen LogP contribution >= 0.6 is 15.9 Å². The van der Waals surface area contributed by atoms with E-state index in [-0.39, 0.29) is 6.42 Å². The van der Waals surface area contributed by atoms with Crippen LogP contribution in [0.5, 0.6) is 0 Å². The molecule has 0 saturated carbocycles. The quantitative estimate of drug-likeness (QED) is 0.732. The van der Waals surface area contributed by atoms with E-state index in [1.807, 2.05) is 12.1 Å². The highest BCUT2D eigenvalue weighted by molar-refractivity contribution is 9.10. The maximum atomic E-state index is 15.1. The summed E-state index contributed by atoms with van der Waals surface area (Å²) in [5, 5.41) is 0. The molecule has 3 heteroatoms. The first kappa shape index (κ1) is 13.9. The fraction of sp³-hybridized carbons (Fsp3) is 0.188. The van der Waals surface area contributed by atoms with Crippen molar-refractivity contribution in [2.24, 2.45) is 0 Å². The highest BCUT2D eigenvalue weighted by atomic mass is 79.9. The highest BCUT2D eigenvalue weighted by Crippen LogP contribution is 2.34. The zero-order valence-corrected chi connectivity index (χ0v) is 12.2. The Morgan fingerprint density at radius 1 is 1.16 bits per heavy atom. The van der Waals surface area contributed by atoms with Crippen LogP contribution in [0, 0.1) is 0 Å². The summed E-state index contributed by atoms with van der Waals surface area (Å²) < 4.78 is 15.9. The molecule has 0 N–H and O–H groups in total. The molecule has 1 nitrogen and oxygen atoms in total. The van der Waals surface area contributed by atoms with Crippen molar-refractivity contribution in [2.75, 3.05) is 0 Å². The first-order valence-electron chi connectivity index (χ1n) is 6.12. The van der Waals surface area contributed by atoms with Crippen LogP contribution in [-0.4, -0.2) is 5.78 Å². The van der Waals surface area contributed by atoms with Gasteiger partial charge in [-0.25, -0.2) is 4.39 Å². The van der Waals surface area contributed by atoms with E-state index in [0.29, 0.717) is 11.1 Å². The largest absolute Gasteiger partial charge is 0.290 e. The van der Waals surface area contributed by atoms with Crippen LogP contribution in [-0.2, 0) is 5.67 Å². The minimum atomic E-state index is -1.98. The van der Waals surface area contributed by atoms with Crippen LogP contribution < -0.4 is 0 Å². The predicted octanol–water partition coefficient (Wildman–Crippen LogP) is 4.91. The van der Waals surface area contributed by atoms with Gasteiger partial charge in [-0.1, -0.05) is 65.3 Å². The van der Waals surface area contributed by atoms with Gasteiger partial charge in [0.25, 0.3) is 0 Å². The molecule has 0 spiro atoms. The Kier molecular flexibility index (Phi) is 4.15.